The zero-order chi connectivity index (χ0) is 12.8. The largest absolute Gasteiger partial charge is 0.352 e. The summed E-state index contributed by atoms with van der Waals surface area (Å²) in [6, 6.07) is 3.34. The Bertz CT molecular complexity index is 385. The van der Waals surface area contributed by atoms with E-state index in [2.05, 4.69) is 10.3 Å². The number of nitrogens with one attached hydrogen (secondary N) is 1. The fourth-order valence-corrected chi connectivity index (χ4v) is 2.59. The maximum absolute atomic E-state index is 11.8. The minimum absolute atomic E-state index is 0.0602. The molecular formula is C14H19ClN2O. The average molecular weight is 267 g/mol. The molecule has 4 heteroatoms. The fraction of sp³-hybridized carbons (Fsp3) is 0.571. The standard InChI is InChI=1S/C14H19ClN2O/c15-13-7-6-12(10-17-13)14(18)16-9-8-11-4-2-1-3-5-11/h6-7,10-11H,1-5,8-9H2,(H,16,18). The third-order valence-corrected chi connectivity index (χ3v) is 3.78. The normalized spacial score (nSPS) is 16.5. The Morgan fingerprint density at radius 2 is 2.11 bits per heavy atom. The van der Waals surface area contributed by atoms with Crippen LogP contribution < -0.4 is 5.32 Å². The topological polar surface area (TPSA) is 42.0 Å². The molecule has 2 rings (SSSR count). The van der Waals surface area contributed by atoms with Gasteiger partial charge in [0.25, 0.3) is 5.91 Å². The fourth-order valence-electron chi connectivity index (χ4n) is 2.48. The molecule has 3 nitrogen and oxygen atoms in total. The summed E-state index contributed by atoms with van der Waals surface area (Å²) in [7, 11) is 0. The number of pyridine rings is 1. The Morgan fingerprint density at radius 1 is 1.33 bits per heavy atom. The van der Waals surface area contributed by atoms with E-state index in [-0.39, 0.29) is 5.91 Å². The molecule has 0 radical (unpaired) electrons. The van der Waals surface area contributed by atoms with E-state index in [1.165, 1.54) is 38.3 Å². The first kappa shape index (κ1) is 13.3. The van der Waals surface area contributed by atoms with E-state index in [0.29, 0.717) is 10.7 Å². The van der Waals surface area contributed by atoms with E-state index >= 15 is 0 Å². The van der Waals surface area contributed by atoms with E-state index in [0.717, 1.165) is 18.9 Å². The van der Waals surface area contributed by atoms with E-state index in [1.54, 1.807) is 12.1 Å². The summed E-state index contributed by atoms with van der Waals surface area (Å²) in [4.78, 5) is 15.7. The molecule has 98 valence electrons. The van der Waals surface area contributed by atoms with Crippen molar-refractivity contribution >= 4 is 17.5 Å². The maximum atomic E-state index is 11.8. The van der Waals surface area contributed by atoms with E-state index in [1.807, 2.05) is 0 Å². The third-order valence-electron chi connectivity index (χ3n) is 3.55. The van der Waals surface area contributed by atoms with Crippen molar-refractivity contribution in [3.8, 4) is 0 Å². The summed E-state index contributed by atoms with van der Waals surface area (Å²) in [5, 5.41) is 3.35. The Hall–Kier alpha value is -1.09. The summed E-state index contributed by atoms with van der Waals surface area (Å²) >= 11 is 5.68. The maximum Gasteiger partial charge on any atom is 0.252 e. The molecule has 1 N–H and O–H groups in total. The number of amides is 1. The van der Waals surface area contributed by atoms with E-state index in [9.17, 15) is 4.79 Å². The average Bonchev–Trinajstić information content (AvgIpc) is 2.40. The second kappa shape index (κ2) is 6.74. The van der Waals surface area contributed by atoms with Gasteiger partial charge < -0.3 is 5.32 Å². The first-order chi connectivity index (χ1) is 8.75. The number of carbonyl (C=O) groups excluding carboxylic acids is 1. The number of nitrogens with zero attached hydrogens (tertiary/aromatic N) is 1. The van der Waals surface area contributed by atoms with Gasteiger partial charge in [0.05, 0.1) is 5.56 Å². The molecule has 18 heavy (non-hydrogen) atoms. The summed E-state index contributed by atoms with van der Waals surface area (Å²) in [5.41, 5.74) is 0.572. The van der Waals surface area contributed by atoms with Crippen molar-refractivity contribution in [1.82, 2.24) is 10.3 Å². The van der Waals surface area contributed by atoms with Gasteiger partial charge in [-0.25, -0.2) is 4.98 Å². The van der Waals surface area contributed by atoms with Gasteiger partial charge in [0.15, 0.2) is 0 Å². The quantitative estimate of drug-likeness (QED) is 0.849. The lowest BCUT2D eigenvalue weighted by molar-refractivity contribution is 0.0950. The first-order valence-electron chi connectivity index (χ1n) is 6.65. The molecule has 1 saturated carbocycles. The lowest BCUT2D eigenvalue weighted by atomic mass is 9.87. The van der Waals surface area contributed by atoms with Gasteiger partial charge in [-0.15, -0.1) is 0 Å². The van der Waals surface area contributed by atoms with Crippen LogP contribution in [0.15, 0.2) is 18.3 Å². The summed E-state index contributed by atoms with van der Waals surface area (Å²) in [6.45, 7) is 0.756. The van der Waals surface area contributed by atoms with Gasteiger partial charge in [0.2, 0.25) is 0 Å². The molecular weight excluding hydrogens is 248 g/mol. The molecule has 1 heterocycles. The van der Waals surface area contributed by atoms with Crippen molar-refractivity contribution in [2.75, 3.05) is 6.54 Å². The molecule has 0 aliphatic heterocycles. The van der Waals surface area contributed by atoms with Crippen LogP contribution >= 0.6 is 11.6 Å². The predicted molar refractivity (Wildman–Crippen MR) is 72.8 cm³/mol. The van der Waals surface area contributed by atoms with Gasteiger partial charge in [0.1, 0.15) is 5.15 Å². The van der Waals surface area contributed by atoms with Gasteiger partial charge in [-0.3, -0.25) is 4.79 Å². The highest BCUT2D eigenvalue weighted by Gasteiger charge is 2.13. The second-order valence-electron chi connectivity index (χ2n) is 4.92. The van der Waals surface area contributed by atoms with E-state index < -0.39 is 0 Å². The molecule has 0 bridgehead atoms. The number of halogens is 1. The SMILES string of the molecule is O=C(NCCC1CCCCC1)c1ccc(Cl)nc1. The van der Waals surface area contributed by atoms with Crippen molar-refractivity contribution in [2.24, 2.45) is 5.92 Å². The van der Waals surface area contributed by atoms with Crippen LogP contribution in [0.5, 0.6) is 0 Å². The van der Waals surface area contributed by atoms with E-state index in [4.69, 9.17) is 11.6 Å². The number of carbonyl (C=O) groups is 1. The van der Waals surface area contributed by atoms with Gasteiger partial charge in [-0.05, 0) is 24.5 Å². The van der Waals surface area contributed by atoms with Gasteiger partial charge in [0, 0.05) is 12.7 Å². The monoisotopic (exact) mass is 266 g/mol. The van der Waals surface area contributed by atoms with Crippen LogP contribution in [-0.2, 0) is 0 Å². The number of rotatable bonds is 4. The van der Waals surface area contributed by atoms with Crippen LogP contribution in [0.4, 0.5) is 0 Å². The molecule has 0 atom stereocenters. The predicted octanol–water partition coefficient (Wildman–Crippen LogP) is 3.44. The second-order valence-corrected chi connectivity index (χ2v) is 5.31. The lowest BCUT2D eigenvalue weighted by Crippen LogP contribution is -2.26. The zero-order valence-corrected chi connectivity index (χ0v) is 11.2. The summed E-state index contributed by atoms with van der Waals surface area (Å²) < 4.78 is 0. The van der Waals surface area contributed by atoms with Crippen LogP contribution in [0.2, 0.25) is 5.15 Å². The molecule has 0 unspecified atom stereocenters. The Labute approximate surface area is 113 Å². The Morgan fingerprint density at radius 3 is 2.78 bits per heavy atom. The minimum Gasteiger partial charge on any atom is -0.352 e. The third kappa shape index (κ3) is 3.98. The Kier molecular flexibility index (Phi) is 5.00. The highest BCUT2D eigenvalue weighted by Crippen LogP contribution is 2.25. The van der Waals surface area contributed by atoms with Crippen molar-refractivity contribution in [3.63, 3.8) is 0 Å². The number of aromatic nitrogens is 1. The lowest BCUT2D eigenvalue weighted by Gasteiger charge is -2.21. The highest BCUT2D eigenvalue weighted by atomic mass is 35.5. The molecule has 0 spiro atoms. The van der Waals surface area contributed by atoms with Crippen molar-refractivity contribution in [1.29, 1.82) is 0 Å². The highest BCUT2D eigenvalue weighted by molar-refractivity contribution is 6.29. The molecule has 1 fully saturated rings. The van der Waals surface area contributed by atoms with Crippen molar-refractivity contribution in [2.45, 2.75) is 38.5 Å². The molecule has 1 aromatic heterocycles. The van der Waals surface area contributed by atoms with Crippen LogP contribution in [0.3, 0.4) is 0 Å². The van der Waals surface area contributed by atoms with Gasteiger partial charge in [-0.2, -0.15) is 0 Å². The van der Waals surface area contributed by atoms with Crippen LogP contribution in [0.1, 0.15) is 48.9 Å². The van der Waals surface area contributed by atoms with Crippen LogP contribution in [-0.4, -0.2) is 17.4 Å². The smallest absolute Gasteiger partial charge is 0.252 e. The zero-order valence-electron chi connectivity index (χ0n) is 10.5. The van der Waals surface area contributed by atoms with Crippen molar-refractivity contribution in [3.05, 3.63) is 29.0 Å². The molecule has 0 saturated heterocycles. The van der Waals surface area contributed by atoms with Crippen molar-refractivity contribution < 1.29 is 4.79 Å². The van der Waals surface area contributed by atoms with Gasteiger partial charge >= 0.3 is 0 Å². The summed E-state index contributed by atoms with van der Waals surface area (Å²) in [5.74, 6) is 0.734. The van der Waals surface area contributed by atoms with Crippen LogP contribution in [0, 0.1) is 5.92 Å². The molecule has 1 amide bonds. The molecule has 1 aliphatic carbocycles. The number of hydrogen-bond acceptors (Lipinski definition) is 2. The number of hydrogen-bond donors (Lipinski definition) is 1. The van der Waals surface area contributed by atoms with Crippen LogP contribution in [0.25, 0.3) is 0 Å². The summed E-state index contributed by atoms with van der Waals surface area (Å²) in [6.07, 6.45) is 9.31. The first-order valence-corrected chi connectivity index (χ1v) is 7.03. The molecule has 0 aromatic carbocycles. The molecule has 1 aliphatic rings. The minimum atomic E-state index is -0.0602. The Balaban J connectivity index is 1.72. The molecule has 1 aromatic rings. The van der Waals surface area contributed by atoms with Gasteiger partial charge in [-0.1, -0.05) is 43.7 Å².